The van der Waals surface area contributed by atoms with Crippen LogP contribution in [-0.2, 0) is 0 Å². The van der Waals surface area contributed by atoms with Crippen molar-refractivity contribution < 1.29 is 9.21 Å². The molecule has 0 aliphatic carbocycles. The predicted molar refractivity (Wildman–Crippen MR) is 77.3 cm³/mol. The fourth-order valence-electron chi connectivity index (χ4n) is 2.42. The number of rotatable bonds is 1. The molecule has 1 fully saturated rings. The molecule has 0 bridgehead atoms. The van der Waals surface area contributed by atoms with Gasteiger partial charge < -0.3 is 14.6 Å². The molecule has 1 aliphatic heterocycles. The highest BCUT2D eigenvalue weighted by molar-refractivity contribution is 9.10. The number of amides is 1. The average Bonchev–Trinajstić information content (AvgIpc) is 2.84. The zero-order valence-electron chi connectivity index (χ0n) is 10.6. The lowest BCUT2D eigenvalue weighted by Crippen LogP contribution is -2.52. The highest BCUT2D eigenvalue weighted by Gasteiger charge is 2.26. The molecule has 0 radical (unpaired) electrons. The molecule has 4 nitrogen and oxygen atoms in total. The van der Waals surface area contributed by atoms with E-state index < -0.39 is 0 Å². The van der Waals surface area contributed by atoms with Gasteiger partial charge in [-0.1, -0.05) is 12.1 Å². The number of carbonyl (C=O) groups excluding carboxylic acids is 1. The number of nitrogens with one attached hydrogen (secondary N) is 1. The van der Waals surface area contributed by atoms with Crippen LogP contribution in [0.15, 0.2) is 33.2 Å². The summed E-state index contributed by atoms with van der Waals surface area (Å²) in [7, 11) is 0. The molecule has 0 spiro atoms. The Labute approximate surface area is 119 Å². The fraction of sp³-hybridized carbons (Fsp3) is 0.357. The quantitative estimate of drug-likeness (QED) is 0.877. The van der Waals surface area contributed by atoms with Crippen LogP contribution in [0.5, 0.6) is 0 Å². The number of hydrogen-bond acceptors (Lipinski definition) is 3. The molecule has 0 saturated carbocycles. The first-order valence-corrected chi connectivity index (χ1v) is 7.16. The van der Waals surface area contributed by atoms with Gasteiger partial charge in [-0.3, -0.25) is 4.79 Å². The Balaban J connectivity index is 1.95. The Morgan fingerprint density at radius 3 is 3.11 bits per heavy atom. The van der Waals surface area contributed by atoms with E-state index in [0.717, 1.165) is 35.1 Å². The minimum Gasteiger partial charge on any atom is -0.450 e. The van der Waals surface area contributed by atoms with Crippen LogP contribution in [0.25, 0.3) is 11.0 Å². The lowest BCUT2D eigenvalue weighted by Gasteiger charge is -2.33. The number of halogens is 1. The summed E-state index contributed by atoms with van der Waals surface area (Å²) in [5, 5.41) is 4.22. The highest BCUT2D eigenvalue weighted by atomic mass is 79.9. The second kappa shape index (κ2) is 4.98. The van der Waals surface area contributed by atoms with Gasteiger partial charge in [0.15, 0.2) is 5.76 Å². The van der Waals surface area contributed by atoms with Gasteiger partial charge in [0.05, 0.1) is 4.47 Å². The summed E-state index contributed by atoms with van der Waals surface area (Å²) in [6.45, 7) is 4.43. The van der Waals surface area contributed by atoms with E-state index in [1.54, 1.807) is 0 Å². The molecule has 1 aromatic carbocycles. The summed E-state index contributed by atoms with van der Waals surface area (Å²) in [6, 6.07) is 7.80. The molecular weight excluding hydrogens is 308 g/mol. The van der Waals surface area contributed by atoms with Crippen LogP contribution in [-0.4, -0.2) is 36.5 Å². The predicted octanol–water partition coefficient (Wildman–Crippen LogP) is 2.63. The van der Waals surface area contributed by atoms with E-state index in [-0.39, 0.29) is 11.9 Å². The van der Waals surface area contributed by atoms with E-state index >= 15 is 0 Å². The molecule has 1 amide bonds. The topological polar surface area (TPSA) is 45.5 Å². The van der Waals surface area contributed by atoms with Crippen molar-refractivity contribution in [2.75, 3.05) is 19.6 Å². The van der Waals surface area contributed by atoms with Gasteiger partial charge in [-0.15, -0.1) is 0 Å². The summed E-state index contributed by atoms with van der Waals surface area (Å²) >= 11 is 3.44. The van der Waals surface area contributed by atoms with E-state index in [4.69, 9.17) is 4.42 Å². The molecule has 1 N–H and O–H groups in total. The molecule has 1 aliphatic rings. The smallest absolute Gasteiger partial charge is 0.289 e. The standard InChI is InChI=1S/C14H15BrN2O2/c1-9-8-16-5-6-17(9)14(18)12-7-10-3-2-4-11(15)13(10)19-12/h2-4,7,9,16H,5-6,8H2,1H3/t9-/m1/s1. The zero-order chi connectivity index (χ0) is 13.4. The van der Waals surface area contributed by atoms with Crippen LogP contribution in [0.3, 0.4) is 0 Å². The minimum atomic E-state index is -0.0305. The summed E-state index contributed by atoms with van der Waals surface area (Å²) in [5.74, 6) is 0.382. The van der Waals surface area contributed by atoms with Crippen molar-refractivity contribution in [3.05, 3.63) is 34.5 Å². The number of para-hydroxylation sites is 1. The van der Waals surface area contributed by atoms with E-state index in [2.05, 4.69) is 21.2 Å². The van der Waals surface area contributed by atoms with Crippen molar-refractivity contribution in [3.63, 3.8) is 0 Å². The van der Waals surface area contributed by atoms with Crippen LogP contribution in [0, 0.1) is 0 Å². The van der Waals surface area contributed by atoms with Gasteiger partial charge in [-0.25, -0.2) is 0 Å². The summed E-state index contributed by atoms with van der Waals surface area (Å²) < 4.78 is 6.58. The van der Waals surface area contributed by atoms with Crippen molar-refractivity contribution in [1.29, 1.82) is 0 Å². The Morgan fingerprint density at radius 1 is 1.53 bits per heavy atom. The first-order valence-electron chi connectivity index (χ1n) is 6.36. The number of piperazine rings is 1. The molecule has 3 rings (SSSR count). The zero-order valence-corrected chi connectivity index (χ0v) is 12.2. The third-order valence-corrected chi connectivity index (χ3v) is 4.09. The molecule has 1 atom stereocenters. The molecule has 0 unspecified atom stereocenters. The van der Waals surface area contributed by atoms with Crippen molar-refractivity contribution in [3.8, 4) is 0 Å². The van der Waals surface area contributed by atoms with Crippen molar-refractivity contribution in [1.82, 2.24) is 10.2 Å². The van der Waals surface area contributed by atoms with E-state index in [1.807, 2.05) is 36.1 Å². The molecule has 19 heavy (non-hydrogen) atoms. The second-order valence-corrected chi connectivity index (χ2v) is 5.67. The number of fused-ring (bicyclic) bond motifs is 1. The van der Waals surface area contributed by atoms with Crippen molar-refractivity contribution in [2.24, 2.45) is 0 Å². The van der Waals surface area contributed by atoms with Gasteiger partial charge in [-0.05, 0) is 35.0 Å². The van der Waals surface area contributed by atoms with Gasteiger partial charge in [0.25, 0.3) is 5.91 Å². The Hall–Kier alpha value is -1.33. The van der Waals surface area contributed by atoms with E-state index in [0.29, 0.717) is 5.76 Å². The highest BCUT2D eigenvalue weighted by Crippen LogP contribution is 2.27. The summed E-state index contributed by atoms with van der Waals surface area (Å²) in [5.41, 5.74) is 0.730. The maximum Gasteiger partial charge on any atom is 0.289 e. The van der Waals surface area contributed by atoms with Crippen LogP contribution < -0.4 is 5.32 Å². The number of carbonyl (C=O) groups is 1. The SMILES string of the molecule is C[C@@H]1CNCCN1C(=O)c1cc2cccc(Br)c2o1. The normalized spacial score (nSPS) is 19.9. The Bertz CT molecular complexity index is 623. The average molecular weight is 323 g/mol. The van der Waals surface area contributed by atoms with Gasteiger partial charge in [-0.2, -0.15) is 0 Å². The summed E-state index contributed by atoms with van der Waals surface area (Å²) in [6.07, 6.45) is 0. The third kappa shape index (κ3) is 2.28. The number of nitrogens with zero attached hydrogens (tertiary/aromatic N) is 1. The lowest BCUT2D eigenvalue weighted by molar-refractivity contribution is 0.0625. The molecule has 1 aromatic heterocycles. The largest absolute Gasteiger partial charge is 0.450 e. The minimum absolute atomic E-state index is 0.0305. The maximum absolute atomic E-state index is 12.5. The molecule has 2 aromatic rings. The second-order valence-electron chi connectivity index (χ2n) is 4.82. The van der Waals surface area contributed by atoms with Crippen LogP contribution in [0.4, 0.5) is 0 Å². The molecular formula is C14H15BrN2O2. The van der Waals surface area contributed by atoms with Crippen LogP contribution in [0.2, 0.25) is 0 Å². The van der Waals surface area contributed by atoms with Crippen molar-refractivity contribution >= 4 is 32.8 Å². The van der Waals surface area contributed by atoms with E-state index in [1.165, 1.54) is 0 Å². The maximum atomic E-state index is 12.5. The van der Waals surface area contributed by atoms with Crippen LogP contribution >= 0.6 is 15.9 Å². The third-order valence-electron chi connectivity index (χ3n) is 3.47. The molecule has 100 valence electrons. The molecule has 5 heteroatoms. The monoisotopic (exact) mass is 322 g/mol. The first-order chi connectivity index (χ1) is 9.16. The number of hydrogen-bond donors (Lipinski definition) is 1. The molecule has 2 heterocycles. The van der Waals surface area contributed by atoms with Crippen molar-refractivity contribution in [2.45, 2.75) is 13.0 Å². The van der Waals surface area contributed by atoms with E-state index in [9.17, 15) is 4.79 Å². The summed E-state index contributed by atoms with van der Waals surface area (Å²) in [4.78, 5) is 14.3. The fourth-order valence-corrected chi connectivity index (χ4v) is 2.88. The Morgan fingerprint density at radius 2 is 2.37 bits per heavy atom. The van der Waals surface area contributed by atoms with Gasteiger partial charge in [0, 0.05) is 31.1 Å². The molecule has 1 saturated heterocycles. The van der Waals surface area contributed by atoms with Gasteiger partial charge in [0.1, 0.15) is 5.58 Å². The van der Waals surface area contributed by atoms with Crippen LogP contribution in [0.1, 0.15) is 17.5 Å². The van der Waals surface area contributed by atoms with Gasteiger partial charge >= 0.3 is 0 Å². The number of benzene rings is 1. The van der Waals surface area contributed by atoms with Gasteiger partial charge in [0.2, 0.25) is 0 Å². The first kappa shape index (κ1) is 12.7. The Kier molecular flexibility index (Phi) is 3.33. The number of furan rings is 1. The lowest BCUT2D eigenvalue weighted by atomic mass is 10.2.